The summed E-state index contributed by atoms with van der Waals surface area (Å²) in [5, 5.41) is 10.0. The molecule has 1 aliphatic rings. The Morgan fingerprint density at radius 2 is 1.40 bits per heavy atom. The molecule has 2 nitrogen and oxygen atoms in total. The molecule has 0 saturated heterocycles. The van der Waals surface area contributed by atoms with E-state index in [2.05, 4.69) is 69.3 Å². The van der Waals surface area contributed by atoms with Gasteiger partial charge in [0.15, 0.2) is 0 Å². The number of phenolic OH excluding ortho intramolecular Hbond substituents is 1. The molecule has 1 aliphatic carbocycles. The van der Waals surface area contributed by atoms with Gasteiger partial charge in [0.2, 0.25) is 0 Å². The van der Waals surface area contributed by atoms with E-state index in [0.717, 1.165) is 12.8 Å². The third-order valence-corrected chi connectivity index (χ3v) is 5.38. The maximum atomic E-state index is 10.0. The molecule has 0 spiro atoms. The van der Waals surface area contributed by atoms with Crippen molar-refractivity contribution < 1.29 is 9.32 Å². The highest BCUT2D eigenvalue weighted by Gasteiger charge is 2.21. The van der Waals surface area contributed by atoms with Crippen LogP contribution in [0.25, 0.3) is 11.1 Å². The number of benzene rings is 3. The predicted octanol–water partition coefficient (Wildman–Crippen LogP) is 6.08. The highest BCUT2D eigenvalue weighted by molar-refractivity contribution is 7.83. The van der Waals surface area contributed by atoms with Gasteiger partial charge in [0.1, 0.15) is 5.75 Å². The van der Waals surface area contributed by atoms with E-state index in [0.29, 0.717) is 5.75 Å². The van der Waals surface area contributed by atoms with Crippen molar-refractivity contribution in [1.82, 2.24) is 0 Å². The molecule has 0 atom stereocenters. The molecular formula is C27H30O2S. The summed E-state index contributed by atoms with van der Waals surface area (Å²) in [6.45, 7) is 6.51. The SMILES string of the molecule is C/C(=C1/c2ccc(C)cc2CCc2cc(O)ccc21)c1cccc(C)c1.CS(C)=O. The van der Waals surface area contributed by atoms with E-state index in [1.54, 1.807) is 12.5 Å². The van der Waals surface area contributed by atoms with Crippen LogP contribution in [0.5, 0.6) is 5.75 Å². The van der Waals surface area contributed by atoms with Gasteiger partial charge in [-0.3, -0.25) is 4.21 Å². The van der Waals surface area contributed by atoms with Gasteiger partial charge in [0, 0.05) is 23.3 Å². The first-order valence-electron chi connectivity index (χ1n) is 10.2. The molecule has 1 N–H and O–H groups in total. The van der Waals surface area contributed by atoms with Crippen molar-refractivity contribution in [2.75, 3.05) is 12.5 Å². The minimum absolute atomic E-state index is 0.346. The lowest BCUT2D eigenvalue weighted by atomic mass is 9.87. The summed E-state index contributed by atoms with van der Waals surface area (Å²) in [6, 6.07) is 21.3. The van der Waals surface area contributed by atoms with Gasteiger partial charge in [-0.2, -0.15) is 0 Å². The number of hydrogen-bond acceptors (Lipinski definition) is 2. The minimum Gasteiger partial charge on any atom is -0.508 e. The molecule has 0 amide bonds. The second-order valence-corrected chi connectivity index (χ2v) is 9.60. The average molecular weight is 419 g/mol. The number of phenols is 1. The van der Waals surface area contributed by atoms with Crippen molar-refractivity contribution in [3.63, 3.8) is 0 Å². The Morgan fingerprint density at radius 1 is 0.833 bits per heavy atom. The highest BCUT2D eigenvalue weighted by Crippen LogP contribution is 2.39. The van der Waals surface area contributed by atoms with E-state index >= 15 is 0 Å². The normalized spacial score (nSPS) is 14.2. The second-order valence-electron chi connectivity index (χ2n) is 8.11. The molecule has 3 heteroatoms. The number of allylic oxidation sites excluding steroid dienone is 1. The summed E-state index contributed by atoms with van der Waals surface area (Å²) in [7, 11) is -0.611. The molecule has 0 aromatic heterocycles. The van der Waals surface area contributed by atoms with Crippen molar-refractivity contribution in [1.29, 1.82) is 0 Å². The second kappa shape index (κ2) is 9.44. The van der Waals surface area contributed by atoms with Crippen LogP contribution in [0.15, 0.2) is 60.7 Å². The van der Waals surface area contributed by atoms with Gasteiger partial charge in [-0.1, -0.05) is 59.7 Å². The summed E-state index contributed by atoms with van der Waals surface area (Å²) in [5.74, 6) is 0.346. The van der Waals surface area contributed by atoms with E-state index in [1.807, 2.05) is 12.1 Å². The van der Waals surface area contributed by atoms with Crippen LogP contribution in [0.4, 0.5) is 0 Å². The van der Waals surface area contributed by atoms with E-state index in [-0.39, 0.29) is 0 Å². The molecule has 156 valence electrons. The summed E-state index contributed by atoms with van der Waals surface area (Å²) < 4.78 is 9.56. The summed E-state index contributed by atoms with van der Waals surface area (Å²) in [4.78, 5) is 0. The molecule has 30 heavy (non-hydrogen) atoms. The van der Waals surface area contributed by atoms with Crippen LogP contribution in [-0.2, 0) is 23.6 Å². The Hall–Kier alpha value is -2.65. The van der Waals surface area contributed by atoms with Crippen LogP contribution in [0.1, 0.15) is 45.9 Å². The molecule has 0 aliphatic heterocycles. The maximum Gasteiger partial charge on any atom is 0.115 e. The molecule has 0 radical (unpaired) electrons. The van der Waals surface area contributed by atoms with Crippen LogP contribution in [-0.4, -0.2) is 21.8 Å². The van der Waals surface area contributed by atoms with Crippen molar-refractivity contribution >= 4 is 21.9 Å². The van der Waals surface area contributed by atoms with E-state index in [9.17, 15) is 9.32 Å². The fourth-order valence-electron chi connectivity index (χ4n) is 4.05. The number of aromatic hydroxyl groups is 1. The van der Waals surface area contributed by atoms with Crippen LogP contribution in [0, 0.1) is 13.8 Å². The van der Waals surface area contributed by atoms with Crippen LogP contribution in [0.2, 0.25) is 0 Å². The Kier molecular flexibility index (Phi) is 6.94. The third-order valence-electron chi connectivity index (χ3n) is 5.38. The smallest absolute Gasteiger partial charge is 0.115 e. The van der Waals surface area contributed by atoms with Crippen molar-refractivity contribution in [3.8, 4) is 5.75 Å². The summed E-state index contributed by atoms with van der Waals surface area (Å²) in [6.07, 6.45) is 5.23. The zero-order valence-electron chi connectivity index (χ0n) is 18.5. The standard InChI is InChI=1S/C25H24O.C2H6OS/c1-16-5-4-6-19(13-16)18(3)25-23-11-7-17(2)14-20(23)8-9-21-15-22(26)10-12-24(21)25;1-4(2)3/h4-7,10-15,26H,8-9H2,1-3H3;1-2H3/b25-18+;. The summed E-state index contributed by atoms with van der Waals surface area (Å²) >= 11 is 0. The zero-order chi connectivity index (χ0) is 21.8. The largest absolute Gasteiger partial charge is 0.508 e. The monoisotopic (exact) mass is 418 g/mol. The fraction of sp³-hybridized carbons (Fsp3) is 0.259. The Morgan fingerprint density at radius 3 is 2.03 bits per heavy atom. The topological polar surface area (TPSA) is 37.3 Å². The molecule has 0 fully saturated rings. The van der Waals surface area contributed by atoms with E-state index in [4.69, 9.17) is 0 Å². The van der Waals surface area contributed by atoms with Crippen molar-refractivity contribution in [2.24, 2.45) is 0 Å². The lowest BCUT2D eigenvalue weighted by Gasteiger charge is -2.17. The molecule has 3 aromatic rings. The predicted molar refractivity (Wildman–Crippen MR) is 129 cm³/mol. The van der Waals surface area contributed by atoms with Gasteiger partial charge < -0.3 is 5.11 Å². The Labute approximate surface area is 182 Å². The maximum absolute atomic E-state index is 10.0. The van der Waals surface area contributed by atoms with Crippen LogP contribution >= 0.6 is 0 Å². The zero-order valence-corrected chi connectivity index (χ0v) is 19.3. The fourth-order valence-corrected chi connectivity index (χ4v) is 4.05. The van der Waals surface area contributed by atoms with Crippen LogP contribution in [0.3, 0.4) is 0 Å². The number of aryl methyl sites for hydroxylation is 4. The first-order chi connectivity index (χ1) is 14.3. The lowest BCUT2D eigenvalue weighted by molar-refractivity contribution is 0.474. The van der Waals surface area contributed by atoms with Gasteiger partial charge >= 0.3 is 0 Å². The van der Waals surface area contributed by atoms with Crippen molar-refractivity contribution in [3.05, 3.63) is 99.6 Å². The molecule has 0 saturated carbocycles. The lowest BCUT2D eigenvalue weighted by Crippen LogP contribution is -1.97. The molecule has 3 aromatic carbocycles. The number of rotatable bonds is 1. The Balaban J connectivity index is 0.000000589. The molecule has 4 rings (SSSR count). The van der Waals surface area contributed by atoms with Gasteiger partial charge in [-0.25, -0.2) is 0 Å². The van der Waals surface area contributed by atoms with Crippen LogP contribution < -0.4 is 0 Å². The Bertz CT molecular complexity index is 1070. The first kappa shape index (κ1) is 22.0. The third kappa shape index (κ3) is 5.09. The molecule has 0 heterocycles. The van der Waals surface area contributed by atoms with Gasteiger partial charge in [0.25, 0.3) is 0 Å². The number of fused-ring (bicyclic) bond motifs is 2. The van der Waals surface area contributed by atoms with E-state index < -0.39 is 10.8 Å². The summed E-state index contributed by atoms with van der Waals surface area (Å²) in [5.41, 5.74) is 11.6. The van der Waals surface area contributed by atoms with Gasteiger partial charge in [0.05, 0.1) is 0 Å². The first-order valence-corrected chi connectivity index (χ1v) is 12.2. The molecule has 0 bridgehead atoms. The van der Waals surface area contributed by atoms with E-state index in [1.165, 1.54) is 50.1 Å². The van der Waals surface area contributed by atoms with Gasteiger partial charge in [-0.05, 0) is 84.7 Å². The average Bonchev–Trinajstić information content (AvgIpc) is 2.83. The molecule has 0 unspecified atom stereocenters. The number of hydrogen-bond donors (Lipinski definition) is 1. The minimum atomic E-state index is -0.611. The highest BCUT2D eigenvalue weighted by atomic mass is 32.2. The quantitative estimate of drug-likeness (QED) is 0.520. The van der Waals surface area contributed by atoms with Crippen molar-refractivity contribution in [2.45, 2.75) is 33.6 Å². The molecular weight excluding hydrogens is 388 g/mol. The van der Waals surface area contributed by atoms with Gasteiger partial charge in [-0.15, -0.1) is 0 Å².